The molecule has 0 spiro atoms. The molecule has 64 valence electrons. The number of rotatable bonds is 1. The highest BCUT2D eigenvalue weighted by Crippen LogP contribution is 2.50. The monoisotopic (exact) mass is 182 g/mol. The molecule has 0 aliphatic carbocycles. The first-order valence-electron chi connectivity index (χ1n) is 4.08. The Hall–Kier alpha value is -0.590. The SMILES string of the molecule is CCP1(=O)OCc2ccccc21. The average Bonchev–Trinajstić information content (AvgIpc) is 2.46. The van der Waals surface area contributed by atoms with Gasteiger partial charge in [0.25, 0.3) is 0 Å². The highest BCUT2D eigenvalue weighted by molar-refractivity contribution is 7.67. The van der Waals surface area contributed by atoms with E-state index in [0.717, 1.165) is 10.9 Å². The molecule has 1 unspecified atom stereocenters. The van der Waals surface area contributed by atoms with Gasteiger partial charge in [-0.2, -0.15) is 0 Å². The first-order chi connectivity index (χ1) is 5.76. The Bertz CT molecular complexity index is 346. The highest BCUT2D eigenvalue weighted by Gasteiger charge is 2.31. The van der Waals surface area contributed by atoms with Gasteiger partial charge >= 0.3 is 0 Å². The number of fused-ring (bicyclic) bond motifs is 1. The summed E-state index contributed by atoms with van der Waals surface area (Å²) in [6.07, 6.45) is 0.601. The molecule has 3 heteroatoms. The zero-order valence-electron chi connectivity index (χ0n) is 6.99. The van der Waals surface area contributed by atoms with E-state index < -0.39 is 7.37 Å². The topological polar surface area (TPSA) is 26.3 Å². The summed E-state index contributed by atoms with van der Waals surface area (Å²) in [5.74, 6) is 0. The minimum absolute atomic E-state index is 0.515. The Kier molecular flexibility index (Phi) is 1.82. The van der Waals surface area contributed by atoms with Crippen LogP contribution in [0.15, 0.2) is 24.3 Å². The zero-order chi connectivity index (χ0) is 8.60. The lowest BCUT2D eigenvalue weighted by Crippen LogP contribution is -2.03. The lowest BCUT2D eigenvalue weighted by Gasteiger charge is -2.07. The van der Waals surface area contributed by atoms with Crippen LogP contribution in [0.4, 0.5) is 0 Å². The molecule has 0 aromatic heterocycles. The van der Waals surface area contributed by atoms with Crippen molar-refractivity contribution < 1.29 is 9.09 Å². The molecule has 0 N–H and O–H groups in total. The Morgan fingerprint density at radius 2 is 2.25 bits per heavy atom. The van der Waals surface area contributed by atoms with Crippen LogP contribution in [0.3, 0.4) is 0 Å². The molecule has 0 saturated heterocycles. The first kappa shape index (κ1) is 8.03. The predicted molar refractivity (Wildman–Crippen MR) is 49.0 cm³/mol. The number of benzene rings is 1. The maximum atomic E-state index is 12.0. The van der Waals surface area contributed by atoms with E-state index in [2.05, 4.69) is 0 Å². The summed E-state index contributed by atoms with van der Waals surface area (Å²) in [7, 11) is -2.44. The van der Waals surface area contributed by atoms with Gasteiger partial charge in [-0.05, 0) is 11.6 Å². The number of hydrogen-bond donors (Lipinski definition) is 0. The van der Waals surface area contributed by atoms with Gasteiger partial charge in [0.1, 0.15) is 0 Å². The van der Waals surface area contributed by atoms with Crippen molar-refractivity contribution in [2.75, 3.05) is 6.16 Å². The molecule has 0 saturated carbocycles. The van der Waals surface area contributed by atoms with Crippen molar-refractivity contribution in [1.82, 2.24) is 0 Å². The fourth-order valence-corrected chi connectivity index (χ4v) is 3.37. The van der Waals surface area contributed by atoms with Crippen LogP contribution in [-0.4, -0.2) is 6.16 Å². The summed E-state index contributed by atoms with van der Waals surface area (Å²) in [6, 6.07) is 7.75. The summed E-state index contributed by atoms with van der Waals surface area (Å²) in [5.41, 5.74) is 1.09. The third kappa shape index (κ3) is 1.03. The Morgan fingerprint density at radius 3 is 3.00 bits per heavy atom. The van der Waals surface area contributed by atoms with Crippen LogP contribution in [0.25, 0.3) is 0 Å². The van der Waals surface area contributed by atoms with E-state index in [0.29, 0.717) is 12.8 Å². The molecule has 0 radical (unpaired) electrons. The molecule has 0 amide bonds. The zero-order valence-corrected chi connectivity index (χ0v) is 7.88. The lowest BCUT2D eigenvalue weighted by molar-refractivity contribution is 0.324. The summed E-state index contributed by atoms with van der Waals surface area (Å²) in [6.45, 7) is 2.42. The second kappa shape index (κ2) is 2.72. The van der Waals surface area contributed by atoms with Crippen LogP contribution in [0.1, 0.15) is 12.5 Å². The molecule has 0 fully saturated rings. The van der Waals surface area contributed by atoms with Crippen molar-refractivity contribution in [2.45, 2.75) is 13.5 Å². The molecule has 2 rings (SSSR count). The van der Waals surface area contributed by atoms with Crippen molar-refractivity contribution in [3.63, 3.8) is 0 Å². The van der Waals surface area contributed by atoms with Gasteiger partial charge in [-0.3, -0.25) is 4.57 Å². The molecule has 1 heterocycles. The maximum Gasteiger partial charge on any atom is 0.232 e. The van der Waals surface area contributed by atoms with E-state index in [4.69, 9.17) is 4.52 Å². The van der Waals surface area contributed by atoms with Crippen molar-refractivity contribution in [2.24, 2.45) is 0 Å². The van der Waals surface area contributed by atoms with Crippen LogP contribution in [0.2, 0.25) is 0 Å². The van der Waals surface area contributed by atoms with Crippen molar-refractivity contribution in [1.29, 1.82) is 0 Å². The summed E-state index contributed by atoms with van der Waals surface area (Å²) in [5, 5.41) is 0.924. The summed E-state index contributed by atoms with van der Waals surface area (Å²) >= 11 is 0. The third-order valence-corrected chi connectivity index (χ3v) is 4.75. The maximum absolute atomic E-state index is 12.0. The third-order valence-electron chi connectivity index (χ3n) is 2.20. The molecule has 2 nitrogen and oxygen atoms in total. The quantitative estimate of drug-likeness (QED) is 0.622. The second-order valence-electron chi connectivity index (χ2n) is 2.89. The molecule has 1 atom stereocenters. The Labute approximate surface area is 72.0 Å². The second-order valence-corrected chi connectivity index (χ2v) is 5.61. The van der Waals surface area contributed by atoms with Crippen molar-refractivity contribution in [3.05, 3.63) is 29.8 Å². The fraction of sp³-hybridized carbons (Fsp3) is 0.333. The van der Waals surface area contributed by atoms with Crippen molar-refractivity contribution in [3.8, 4) is 0 Å². The van der Waals surface area contributed by atoms with Gasteiger partial charge in [-0.25, -0.2) is 0 Å². The van der Waals surface area contributed by atoms with Gasteiger partial charge in [0, 0.05) is 11.5 Å². The minimum Gasteiger partial charge on any atom is -0.320 e. The molecule has 1 aromatic carbocycles. The van der Waals surface area contributed by atoms with Crippen molar-refractivity contribution >= 4 is 12.7 Å². The molecule has 1 aromatic rings. The van der Waals surface area contributed by atoms with Crippen LogP contribution < -0.4 is 5.30 Å². The lowest BCUT2D eigenvalue weighted by atomic mass is 10.2. The van der Waals surface area contributed by atoms with Crippen LogP contribution in [0.5, 0.6) is 0 Å². The molecule has 1 aliphatic rings. The molecular formula is C9H11O2P. The van der Waals surface area contributed by atoms with Gasteiger partial charge in [-0.1, -0.05) is 25.1 Å². The summed E-state index contributed by atoms with van der Waals surface area (Å²) < 4.78 is 17.3. The van der Waals surface area contributed by atoms with Gasteiger partial charge in [0.15, 0.2) is 0 Å². The van der Waals surface area contributed by atoms with E-state index in [9.17, 15) is 4.57 Å². The first-order valence-corrected chi connectivity index (χ1v) is 5.89. The van der Waals surface area contributed by atoms with E-state index >= 15 is 0 Å². The minimum atomic E-state index is -2.44. The average molecular weight is 182 g/mol. The van der Waals surface area contributed by atoms with E-state index in [1.165, 1.54) is 0 Å². The fourth-order valence-electron chi connectivity index (χ4n) is 1.47. The smallest absolute Gasteiger partial charge is 0.232 e. The molecular weight excluding hydrogens is 171 g/mol. The molecule has 1 aliphatic heterocycles. The van der Waals surface area contributed by atoms with Crippen LogP contribution >= 0.6 is 7.37 Å². The molecule has 12 heavy (non-hydrogen) atoms. The predicted octanol–water partition coefficient (Wildman–Crippen LogP) is 2.14. The van der Waals surface area contributed by atoms with Crippen LogP contribution in [0, 0.1) is 0 Å². The standard InChI is InChI=1S/C9H11O2P/c1-2-12(10)9-6-4-3-5-8(9)7-11-12/h3-6H,2,7H2,1H3. The Morgan fingerprint density at radius 1 is 1.50 bits per heavy atom. The molecule has 0 bridgehead atoms. The highest BCUT2D eigenvalue weighted by atomic mass is 31.2. The summed E-state index contributed by atoms with van der Waals surface area (Å²) in [4.78, 5) is 0. The van der Waals surface area contributed by atoms with E-state index in [1.807, 2.05) is 31.2 Å². The number of hydrogen-bond acceptors (Lipinski definition) is 2. The Balaban J connectivity index is 2.56. The normalized spacial score (nSPS) is 27.1. The van der Waals surface area contributed by atoms with E-state index in [1.54, 1.807) is 0 Å². The van der Waals surface area contributed by atoms with Gasteiger partial charge < -0.3 is 4.52 Å². The van der Waals surface area contributed by atoms with Gasteiger partial charge in [0.05, 0.1) is 6.61 Å². The van der Waals surface area contributed by atoms with E-state index in [-0.39, 0.29) is 0 Å². The van der Waals surface area contributed by atoms with Crippen LogP contribution in [-0.2, 0) is 15.7 Å². The van der Waals surface area contributed by atoms with Gasteiger partial charge in [-0.15, -0.1) is 0 Å². The van der Waals surface area contributed by atoms with Gasteiger partial charge in [0.2, 0.25) is 7.37 Å². The largest absolute Gasteiger partial charge is 0.320 e.